The number of carbonyl (C=O) groups excluding carboxylic acids is 1. The maximum atomic E-state index is 14.0. The van der Waals surface area contributed by atoms with Crippen LogP contribution in [0, 0.1) is 6.92 Å². The van der Waals surface area contributed by atoms with Gasteiger partial charge in [-0.25, -0.2) is 4.98 Å². The molecule has 226 valence electrons. The minimum Gasteiger partial charge on any atom is -0.505 e. The van der Waals surface area contributed by atoms with Crippen LogP contribution in [0.15, 0.2) is 89.3 Å². The van der Waals surface area contributed by atoms with E-state index >= 15 is 0 Å². The summed E-state index contributed by atoms with van der Waals surface area (Å²) in [6, 6.07) is 23.2. The van der Waals surface area contributed by atoms with Gasteiger partial charge < -0.3 is 19.5 Å². The average Bonchev–Trinajstić information content (AvgIpc) is 3.47. The predicted octanol–water partition coefficient (Wildman–Crippen LogP) is 7.73. The molecule has 7 nitrogen and oxygen atoms in total. The summed E-state index contributed by atoms with van der Waals surface area (Å²) >= 11 is 0. The molecule has 44 heavy (non-hydrogen) atoms. The summed E-state index contributed by atoms with van der Waals surface area (Å²) in [5.74, 6) is -3.12. The van der Waals surface area contributed by atoms with Crippen LogP contribution in [0.3, 0.4) is 0 Å². The van der Waals surface area contributed by atoms with Gasteiger partial charge in [-0.3, -0.25) is 9.59 Å². The first-order valence-corrected chi connectivity index (χ1v) is 13.7. The number of aromatic nitrogens is 1. The van der Waals surface area contributed by atoms with Gasteiger partial charge in [0.2, 0.25) is 5.76 Å². The standard InChI is InChI=1S/C34H29F3N2O5/c1-20-30(40)29(26-9-4-5-10-27(26)38-20)31(41)39(19-25-15-16-28(44-25)34(35,36)37)18-21-11-13-22(14-12-21)23-7-6-8-24(17-23)33(2,3)32(42)43/h4-17,40H,18-19H2,1-3H3,(H,42,43). The number of benzene rings is 3. The van der Waals surface area contributed by atoms with E-state index < -0.39 is 29.2 Å². The Hall–Kier alpha value is -5.12. The fraction of sp³-hybridized carbons (Fsp3) is 0.206. The molecule has 1 amide bonds. The van der Waals surface area contributed by atoms with Gasteiger partial charge in [-0.15, -0.1) is 0 Å². The van der Waals surface area contributed by atoms with Crippen LogP contribution >= 0.6 is 0 Å². The van der Waals surface area contributed by atoms with Crippen molar-refractivity contribution in [2.45, 2.75) is 45.5 Å². The van der Waals surface area contributed by atoms with Crippen LogP contribution in [0.5, 0.6) is 5.75 Å². The highest BCUT2D eigenvalue weighted by Gasteiger charge is 2.35. The molecule has 0 aliphatic heterocycles. The molecule has 0 bridgehead atoms. The van der Waals surface area contributed by atoms with Crippen molar-refractivity contribution in [2.24, 2.45) is 0 Å². The Kier molecular flexibility index (Phi) is 7.94. The molecular formula is C34H29F3N2O5. The zero-order valence-corrected chi connectivity index (χ0v) is 24.1. The zero-order chi connectivity index (χ0) is 31.8. The molecular weight excluding hydrogens is 573 g/mol. The van der Waals surface area contributed by atoms with Crippen LogP contribution in [-0.4, -0.2) is 32.0 Å². The van der Waals surface area contributed by atoms with Gasteiger partial charge >= 0.3 is 12.1 Å². The van der Waals surface area contributed by atoms with E-state index in [-0.39, 0.29) is 35.9 Å². The smallest absolute Gasteiger partial charge is 0.449 e. The van der Waals surface area contributed by atoms with E-state index in [4.69, 9.17) is 4.42 Å². The molecule has 5 rings (SSSR count). The van der Waals surface area contributed by atoms with Crippen molar-refractivity contribution in [3.8, 4) is 16.9 Å². The fourth-order valence-corrected chi connectivity index (χ4v) is 4.94. The third-order valence-electron chi connectivity index (χ3n) is 7.61. The summed E-state index contributed by atoms with van der Waals surface area (Å²) < 4.78 is 44.8. The number of carboxylic acid groups (broad SMARTS) is 1. The second-order valence-corrected chi connectivity index (χ2v) is 11.1. The molecule has 5 aromatic rings. The zero-order valence-electron chi connectivity index (χ0n) is 24.1. The molecule has 0 unspecified atom stereocenters. The van der Waals surface area contributed by atoms with E-state index in [9.17, 15) is 33.0 Å². The van der Waals surface area contributed by atoms with Crippen LogP contribution in [0.2, 0.25) is 0 Å². The third-order valence-corrected chi connectivity index (χ3v) is 7.61. The van der Waals surface area contributed by atoms with E-state index in [1.807, 2.05) is 24.3 Å². The number of nitrogens with zero attached hydrogens (tertiary/aromatic N) is 2. The van der Waals surface area contributed by atoms with Gasteiger partial charge in [0.05, 0.1) is 28.7 Å². The molecule has 2 aromatic heterocycles. The Morgan fingerprint density at radius 1 is 0.886 bits per heavy atom. The number of alkyl halides is 3. The third kappa shape index (κ3) is 6.01. The second kappa shape index (κ2) is 11.5. The number of fused-ring (bicyclic) bond motifs is 1. The Balaban J connectivity index is 1.50. The lowest BCUT2D eigenvalue weighted by Crippen LogP contribution is -2.30. The maximum absolute atomic E-state index is 14.0. The molecule has 0 radical (unpaired) electrons. The van der Waals surface area contributed by atoms with E-state index in [0.717, 1.165) is 17.2 Å². The van der Waals surface area contributed by atoms with Crippen molar-refractivity contribution in [1.29, 1.82) is 0 Å². The van der Waals surface area contributed by atoms with Crippen LogP contribution in [0.4, 0.5) is 13.2 Å². The number of furan rings is 1. The van der Waals surface area contributed by atoms with Gasteiger partial charge in [-0.1, -0.05) is 66.7 Å². The SMILES string of the molecule is Cc1nc2ccccc2c(C(=O)N(Cc2ccc(-c3cccc(C(C)(C)C(=O)O)c3)cc2)Cc2ccc(C(F)(F)F)o2)c1O. The van der Waals surface area contributed by atoms with Gasteiger partial charge in [-0.05, 0) is 61.2 Å². The molecule has 0 aliphatic rings. The molecule has 0 atom stereocenters. The minimum atomic E-state index is -4.68. The average molecular weight is 603 g/mol. The highest BCUT2D eigenvalue weighted by molar-refractivity contribution is 6.08. The summed E-state index contributed by atoms with van der Waals surface area (Å²) in [7, 11) is 0. The molecule has 2 heterocycles. The fourth-order valence-electron chi connectivity index (χ4n) is 4.94. The molecule has 0 fully saturated rings. The minimum absolute atomic E-state index is 0.00909. The van der Waals surface area contributed by atoms with Gasteiger partial charge in [0.15, 0.2) is 0 Å². The van der Waals surface area contributed by atoms with Gasteiger partial charge in [0.1, 0.15) is 11.5 Å². The second-order valence-electron chi connectivity index (χ2n) is 11.1. The van der Waals surface area contributed by atoms with E-state index in [2.05, 4.69) is 4.98 Å². The molecule has 0 aliphatic carbocycles. The predicted molar refractivity (Wildman–Crippen MR) is 158 cm³/mol. The number of hydrogen-bond acceptors (Lipinski definition) is 5. The number of aromatic hydroxyl groups is 1. The number of carbonyl (C=O) groups is 2. The van der Waals surface area contributed by atoms with Crippen molar-refractivity contribution in [3.05, 3.63) is 119 Å². The number of pyridine rings is 1. The molecule has 3 aromatic carbocycles. The first kappa shape index (κ1) is 30.3. The number of halogens is 3. The Bertz CT molecular complexity index is 1860. The molecule has 2 N–H and O–H groups in total. The lowest BCUT2D eigenvalue weighted by atomic mass is 9.83. The molecule has 0 spiro atoms. The highest BCUT2D eigenvalue weighted by atomic mass is 19.4. The Morgan fingerprint density at radius 3 is 2.25 bits per heavy atom. The number of aliphatic carboxylic acids is 1. The Morgan fingerprint density at radius 2 is 1.59 bits per heavy atom. The van der Waals surface area contributed by atoms with Crippen LogP contribution in [-0.2, 0) is 29.5 Å². The number of aryl methyl sites for hydroxylation is 1. The van der Waals surface area contributed by atoms with Crippen LogP contribution in [0.25, 0.3) is 22.0 Å². The number of carboxylic acids is 1. The van der Waals surface area contributed by atoms with E-state index in [1.54, 1.807) is 69.3 Å². The van der Waals surface area contributed by atoms with Crippen molar-refractivity contribution in [2.75, 3.05) is 0 Å². The first-order valence-electron chi connectivity index (χ1n) is 13.7. The van der Waals surface area contributed by atoms with Gasteiger partial charge in [0.25, 0.3) is 5.91 Å². The highest BCUT2D eigenvalue weighted by Crippen LogP contribution is 2.34. The largest absolute Gasteiger partial charge is 0.505 e. The number of amides is 1. The monoisotopic (exact) mass is 602 g/mol. The maximum Gasteiger partial charge on any atom is 0.449 e. The summed E-state index contributed by atoms with van der Waals surface area (Å²) in [6.45, 7) is 4.52. The number of hydrogen-bond donors (Lipinski definition) is 2. The van der Waals surface area contributed by atoms with Crippen LogP contribution in [0.1, 0.15) is 52.5 Å². The van der Waals surface area contributed by atoms with Crippen molar-refractivity contribution in [3.63, 3.8) is 0 Å². The van der Waals surface area contributed by atoms with E-state index in [0.29, 0.717) is 22.0 Å². The number of rotatable bonds is 8. The van der Waals surface area contributed by atoms with Crippen molar-refractivity contribution in [1.82, 2.24) is 9.88 Å². The Labute approximate surface area is 251 Å². The number of para-hydroxylation sites is 1. The van der Waals surface area contributed by atoms with E-state index in [1.165, 1.54) is 11.0 Å². The molecule has 0 saturated heterocycles. The lowest BCUT2D eigenvalue weighted by molar-refractivity contribution is -0.153. The van der Waals surface area contributed by atoms with Crippen molar-refractivity contribution < 1.29 is 37.4 Å². The van der Waals surface area contributed by atoms with Gasteiger partial charge in [-0.2, -0.15) is 13.2 Å². The normalized spacial score (nSPS) is 12.0. The summed E-state index contributed by atoms with van der Waals surface area (Å²) in [6.07, 6.45) is -4.68. The summed E-state index contributed by atoms with van der Waals surface area (Å²) in [5.41, 5.74) is 2.55. The summed E-state index contributed by atoms with van der Waals surface area (Å²) in [5, 5.41) is 20.9. The quantitative estimate of drug-likeness (QED) is 0.188. The van der Waals surface area contributed by atoms with Crippen LogP contribution < -0.4 is 0 Å². The topological polar surface area (TPSA) is 104 Å². The molecule has 0 saturated carbocycles. The first-order chi connectivity index (χ1) is 20.8. The van der Waals surface area contributed by atoms with Crippen molar-refractivity contribution >= 4 is 22.8 Å². The molecule has 10 heteroatoms. The van der Waals surface area contributed by atoms with Gasteiger partial charge in [0, 0.05) is 11.9 Å². The summed E-state index contributed by atoms with van der Waals surface area (Å²) in [4.78, 5) is 31.5. The lowest BCUT2D eigenvalue weighted by Gasteiger charge is -2.24.